The van der Waals surface area contributed by atoms with Gasteiger partial charge in [0.25, 0.3) is 11.4 Å². The van der Waals surface area contributed by atoms with E-state index in [0.29, 0.717) is 22.9 Å². The lowest BCUT2D eigenvalue weighted by Gasteiger charge is -2.08. The Morgan fingerprint density at radius 2 is 0.917 bits per heavy atom. The minimum absolute atomic E-state index is 0.186. The maximum atomic E-state index is 11.5. The molecule has 3 aromatic carbocycles. The fourth-order valence-corrected chi connectivity index (χ4v) is 3.20. The third kappa shape index (κ3) is 5.73. The molecule has 0 aliphatic carbocycles. The lowest BCUT2D eigenvalue weighted by Crippen LogP contribution is -1.98. The molecule has 12 heteroatoms. The molecule has 3 rings (SSSR count). The van der Waals surface area contributed by atoms with Crippen LogP contribution < -0.4 is 18.9 Å². The van der Waals surface area contributed by atoms with Crippen LogP contribution in [0.25, 0.3) is 0 Å². The molecule has 0 aliphatic heterocycles. The van der Waals surface area contributed by atoms with Gasteiger partial charge in [0.15, 0.2) is 23.0 Å². The molecule has 186 valence electrons. The predicted molar refractivity (Wildman–Crippen MR) is 133 cm³/mol. The lowest BCUT2D eigenvalue weighted by atomic mass is 10.1. The third-order valence-corrected chi connectivity index (χ3v) is 5.01. The van der Waals surface area contributed by atoms with Gasteiger partial charge in [-0.15, -0.1) is 0 Å². The minimum atomic E-state index is -0.533. The number of rotatable bonds is 10. The van der Waals surface area contributed by atoms with Crippen LogP contribution in [0.5, 0.6) is 23.0 Å². The van der Waals surface area contributed by atoms with E-state index < -0.39 is 9.85 Å². The van der Waals surface area contributed by atoms with Gasteiger partial charge in [0, 0.05) is 12.4 Å². The van der Waals surface area contributed by atoms with Crippen LogP contribution in [0, 0.1) is 20.2 Å². The Kier molecular flexibility index (Phi) is 8.13. The molecular weight excluding hydrogens is 472 g/mol. The standard InChI is InChI=1S/C24H22N4O8/c1-33-21-9-15(19(27(29)30)11-23(21)35-3)13-25-17-5-7-18(8-6-17)26-14-16-10-22(34-2)24(36-4)12-20(16)28(31)32/h5-14H,1-4H3/b25-13+,26-14+. The van der Waals surface area contributed by atoms with Crippen molar-refractivity contribution in [3.05, 3.63) is 79.9 Å². The Labute approximate surface area is 205 Å². The first kappa shape index (κ1) is 25.6. The van der Waals surface area contributed by atoms with Crippen molar-refractivity contribution in [2.75, 3.05) is 28.4 Å². The smallest absolute Gasteiger partial charge is 0.282 e. The van der Waals surface area contributed by atoms with E-state index in [0.717, 1.165) is 0 Å². The molecule has 0 spiro atoms. The normalized spacial score (nSPS) is 11.0. The van der Waals surface area contributed by atoms with Crippen LogP contribution in [0.15, 0.2) is 58.5 Å². The summed E-state index contributed by atoms with van der Waals surface area (Å²) < 4.78 is 20.7. The zero-order chi connectivity index (χ0) is 26.2. The lowest BCUT2D eigenvalue weighted by molar-refractivity contribution is -0.385. The molecule has 0 radical (unpaired) electrons. The summed E-state index contributed by atoms with van der Waals surface area (Å²) in [5.41, 5.74) is 1.12. The van der Waals surface area contributed by atoms with Crippen molar-refractivity contribution < 1.29 is 28.8 Å². The van der Waals surface area contributed by atoms with E-state index in [-0.39, 0.29) is 34.0 Å². The summed E-state index contributed by atoms with van der Waals surface area (Å²) in [5, 5.41) is 22.9. The Morgan fingerprint density at radius 1 is 0.611 bits per heavy atom. The van der Waals surface area contributed by atoms with Gasteiger partial charge >= 0.3 is 0 Å². The first-order chi connectivity index (χ1) is 17.3. The van der Waals surface area contributed by atoms with Gasteiger partial charge in [-0.3, -0.25) is 30.2 Å². The van der Waals surface area contributed by atoms with E-state index in [1.165, 1.54) is 65.1 Å². The topological polar surface area (TPSA) is 148 Å². The van der Waals surface area contributed by atoms with Crippen molar-refractivity contribution in [1.82, 2.24) is 0 Å². The Bertz CT molecular complexity index is 1230. The number of hydrogen-bond donors (Lipinski definition) is 0. The summed E-state index contributed by atoms with van der Waals surface area (Å²) in [6.45, 7) is 0. The van der Waals surface area contributed by atoms with Gasteiger partial charge in [0.05, 0.1) is 72.9 Å². The Morgan fingerprint density at radius 3 is 1.19 bits per heavy atom. The molecule has 0 saturated carbocycles. The molecule has 0 heterocycles. The van der Waals surface area contributed by atoms with Crippen LogP contribution in [0.4, 0.5) is 22.7 Å². The molecule has 0 aliphatic rings. The maximum absolute atomic E-state index is 11.5. The van der Waals surface area contributed by atoms with Crippen LogP contribution in [-0.4, -0.2) is 50.7 Å². The largest absolute Gasteiger partial charge is 0.493 e. The van der Waals surface area contributed by atoms with Crippen molar-refractivity contribution in [2.45, 2.75) is 0 Å². The number of benzene rings is 3. The van der Waals surface area contributed by atoms with Crippen LogP contribution >= 0.6 is 0 Å². The number of methoxy groups -OCH3 is 4. The van der Waals surface area contributed by atoms with Gasteiger partial charge in [0.1, 0.15) is 0 Å². The van der Waals surface area contributed by atoms with E-state index in [2.05, 4.69) is 9.98 Å². The summed E-state index contributed by atoms with van der Waals surface area (Å²) >= 11 is 0. The average Bonchev–Trinajstić information content (AvgIpc) is 2.89. The molecule has 3 aromatic rings. The van der Waals surface area contributed by atoms with Gasteiger partial charge in [-0.05, 0) is 36.4 Å². The van der Waals surface area contributed by atoms with Crippen molar-refractivity contribution in [1.29, 1.82) is 0 Å². The third-order valence-electron chi connectivity index (χ3n) is 5.01. The molecule has 12 nitrogen and oxygen atoms in total. The highest BCUT2D eigenvalue weighted by Gasteiger charge is 2.19. The van der Waals surface area contributed by atoms with Gasteiger partial charge in [-0.25, -0.2) is 0 Å². The van der Waals surface area contributed by atoms with E-state index in [4.69, 9.17) is 18.9 Å². The van der Waals surface area contributed by atoms with Gasteiger partial charge in [-0.1, -0.05) is 0 Å². The van der Waals surface area contributed by atoms with E-state index in [1.54, 1.807) is 24.3 Å². The molecule has 0 bridgehead atoms. The van der Waals surface area contributed by atoms with Gasteiger partial charge in [0.2, 0.25) is 0 Å². The molecule has 0 amide bonds. The monoisotopic (exact) mass is 494 g/mol. The van der Waals surface area contributed by atoms with E-state index in [1.807, 2.05) is 0 Å². The molecular formula is C24H22N4O8. The van der Waals surface area contributed by atoms with Gasteiger partial charge < -0.3 is 18.9 Å². The number of hydrogen-bond acceptors (Lipinski definition) is 10. The van der Waals surface area contributed by atoms with Crippen LogP contribution in [0.2, 0.25) is 0 Å². The molecule has 0 N–H and O–H groups in total. The minimum Gasteiger partial charge on any atom is -0.493 e. The highest BCUT2D eigenvalue weighted by Crippen LogP contribution is 2.35. The highest BCUT2D eigenvalue weighted by molar-refractivity contribution is 5.89. The first-order valence-electron chi connectivity index (χ1n) is 10.3. The van der Waals surface area contributed by atoms with Gasteiger partial charge in [-0.2, -0.15) is 0 Å². The first-order valence-corrected chi connectivity index (χ1v) is 10.3. The molecule has 36 heavy (non-hydrogen) atoms. The van der Waals surface area contributed by atoms with E-state index in [9.17, 15) is 20.2 Å². The zero-order valence-corrected chi connectivity index (χ0v) is 19.8. The second-order valence-corrected chi connectivity index (χ2v) is 7.08. The Hall–Kier alpha value is -5.00. The number of nitrogens with zero attached hydrogens (tertiary/aromatic N) is 4. The van der Waals surface area contributed by atoms with Crippen molar-refractivity contribution in [3.63, 3.8) is 0 Å². The molecule has 0 aromatic heterocycles. The predicted octanol–water partition coefficient (Wildman–Crippen LogP) is 5.04. The highest BCUT2D eigenvalue weighted by atomic mass is 16.6. The quantitative estimate of drug-likeness (QED) is 0.216. The summed E-state index contributed by atoms with van der Waals surface area (Å²) in [6.07, 6.45) is 2.71. The fourth-order valence-electron chi connectivity index (χ4n) is 3.20. The molecule has 0 atom stereocenters. The summed E-state index contributed by atoms with van der Waals surface area (Å²) in [4.78, 5) is 30.4. The summed E-state index contributed by atoms with van der Waals surface area (Å²) in [7, 11) is 5.65. The zero-order valence-electron chi connectivity index (χ0n) is 19.8. The second kappa shape index (κ2) is 11.4. The number of aliphatic imine (C=N–C) groups is 2. The van der Waals surface area contributed by atoms with Crippen molar-refractivity contribution in [2.24, 2.45) is 9.98 Å². The van der Waals surface area contributed by atoms with Crippen molar-refractivity contribution in [3.8, 4) is 23.0 Å². The fraction of sp³-hybridized carbons (Fsp3) is 0.167. The van der Waals surface area contributed by atoms with Crippen LogP contribution in [0.1, 0.15) is 11.1 Å². The summed E-state index contributed by atoms with van der Waals surface area (Å²) in [6, 6.07) is 12.1. The number of nitro groups is 2. The average molecular weight is 494 g/mol. The number of ether oxygens (including phenoxy) is 4. The maximum Gasteiger partial charge on any atom is 0.282 e. The number of nitro benzene ring substituents is 2. The second-order valence-electron chi connectivity index (χ2n) is 7.08. The SMILES string of the molecule is COc1cc(/C=N/c2ccc(/N=C/c3cc(OC)c(OC)cc3[N+](=O)[O-])cc2)c([N+](=O)[O-])cc1OC. The Balaban J connectivity index is 1.86. The molecule has 0 saturated heterocycles. The molecule has 0 fully saturated rings. The van der Waals surface area contributed by atoms with Crippen LogP contribution in [-0.2, 0) is 0 Å². The van der Waals surface area contributed by atoms with Crippen LogP contribution in [0.3, 0.4) is 0 Å². The summed E-state index contributed by atoms with van der Waals surface area (Å²) in [5.74, 6) is 1.13. The van der Waals surface area contributed by atoms with E-state index >= 15 is 0 Å². The van der Waals surface area contributed by atoms with Crippen molar-refractivity contribution >= 4 is 35.2 Å². The molecule has 0 unspecified atom stereocenters.